The fraction of sp³-hybridized carbons (Fsp3) is 0.0800. The zero-order valence-electron chi connectivity index (χ0n) is 16.9. The fourth-order valence-electron chi connectivity index (χ4n) is 3.32. The Hall–Kier alpha value is -4.15. The van der Waals surface area contributed by atoms with E-state index in [0.29, 0.717) is 17.3 Å². The Morgan fingerprint density at radius 1 is 0.906 bits per heavy atom. The number of ether oxygens (including phenoxy) is 1. The van der Waals surface area contributed by atoms with Crippen LogP contribution < -0.4 is 4.74 Å². The van der Waals surface area contributed by atoms with Crippen molar-refractivity contribution in [3.05, 3.63) is 102 Å². The number of aromatic nitrogens is 4. The number of nitriles is 1. The molecule has 0 aliphatic carbocycles. The average molecular weight is 436 g/mol. The average Bonchev–Trinajstić information content (AvgIpc) is 3.28. The molecule has 0 saturated carbocycles. The van der Waals surface area contributed by atoms with Crippen LogP contribution in [0.1, 0.15) is 22.2 Å². The first kappa shape index (κ1) is 19.8. The molecule has 0 radical (unpaired) electrons. The Bertz CT molecular complexity index is 1360. The maximum Gasteiger partial charge on any atom is 0.316 e. The highest BCUT2D eigenvalue weighted by Crippen LogP contribution is 2.31. The number of fused-ring (bicyclic) bond motifs is 1. The van der Waals surface area contributed by atoms with E-state index in [0.717, 1.165) is 26.9 Å². The van der Waals surface area contributed by atoms with Crippen LogP contribution in [0.15, 0.2) is 85.3 Å². The van der Waals surface area contributed by atoms with E-state index in [4.69, 9.17) is 4.74 Å². The van der Waals surface area contributed by atoms with Crippen LogP contribution in [-0.4, -0.2) is 19.9 Å². The summed E-state index contributed by atoms with van der Waals surface area (Å²) in [6, 6.07) is 24.1. The highest BCUT2D eigenvalue weighted by molar-refractivity contribution is 7.18. The SMILES string of the molecule is N#CC(c1ccnc(OCc2ccc(-c3cccnc3)cc2)n1)c1nc2ccccc2s1. The summed E-state index contributed by atoms with van der Waals surface area (Å²) >= 11 is 1.50. The molecule has 1 atom stereocenters. The maximum absolute atomic E-state index is 9.79. The van der Waals surface area contributed by atoms with Crippen LogP contribution in [-0.2, 0) is 6.61 Å². The van der Waals surface area contributed by atoms with Crippen LogP contribution in [0.2, 0.25) is 0 Å². The van der Waals surface area contributed by atoms with Gasteiger partial charge in [0.1, 0.15) is 17.5 Å². The lowest BCUT2D eigenvalue weighted by Gasteiger charge is -2.09. The van der Waals surface area contributed by atoms with Gasteiger partial charge in [0.05, 0.1) is 22.0 Å². The summed E-state index contributed by atoms with van der Waals surface area (Å²) in [5.41, 5.74) is 4.60. The highest BCUT2D eigenvalue weighted by atomic mass is 32.1. The minimum atomic E-state index is -0.573. The molecule has 0 spiro atoms. The second-order valence-corrected chi connectivity index (χ2v) is 8.14. The van der Waals surface area contributed by atoms with Gasteiger partial charge in [0.25, 0.3) is 0 Å². The molecular weight excluding hydrogens is 418 g/mol. The second kappa shape index (κ2) is 8.92. The molecule has 154 valence electrons. The van der Waals surface area contributed by atoms with Gasteiger partial charge in [-0.25, -0.2) is 9.97 Å². The lowest BCUT2D eigenvalue weighted by molar-refractivity contribution is 0.279. The molecule has 0 amide bonds. The van der Waals surface area contributed by atoms with Gasteiger partial charge in [-0.3, -0.25) is 4.98 Å². The Balaban J connectivity index is 1.31. The Kier molecular flexibility index (Phi) is 5.52. The van der Waals surface area contributed by atoms with Crippen LogP contribution in [0.5, 0.6) is 6.01 Å². The maximum atomic E-state index is 9.79. The first-order chi connectivity index (χ1) is 15.8. The lowest BCUT2D eigenvalue weighted by atomic mass is 10.1. The third-order valence-electron chi connectivity index (χ3n) is 4.95. The van der Waals surface area contributed by atoms with E-state index >= 15 is 0 Å². The van der Waals surface area contributed by atoms with Crippen LogP contribution in [0.3, 0.4) is 0 Å². The number of nitrogens with zero attached hydrogens (tertiary/aromatic N) is 5. The van der Waals surface area contributed by atoms with E-state index in [9.17, 15) is 5.26 Å². The minimum absolute atomic E-state index is 0.236. The molecule has 0 fully saturated rings. The van der Waals surface area contributed by atoms with Crippen molar-refractivity contribution in [1.82, 2.24) is 19.9 Å². The van der Waals surface area contributed by atoms with Crippen LogP contribution in [0, 0.1) is 11.3 Å². The number of thiazole rings is 1. The Morgan fingerprint density at radius 3 is 2.56 bits per heavy atom. The van der Waals surface area contributed by atoms with Gasteiger partial charge in [-0.15, -0.1) is 11.3 Å². The molecule has 0 saturated heterocycles. The van der Waals surface area contributed by atoms with Crippen LogP contribution in [0.25, 0.3) is 21.3 Å². The fourth-order valence-corrected chi connectivity index (χ4v) is 4.35. The molecule has 2 aromatic carbocycles. The van der Waals surface area contributed by atoms with E-state index in [1.807, 2.05) is 66.9 Å². The van der Waals surface area contributed by atoms with Crippen molar-refractivity contribution in [3.63, 3.8) is 0 Å². The van der Waals surface area contributed by atoms with Gasteiger partial charge in [0.2, 0.25) is 0 Å². The normalized spacial score (nSPS) is 11.7. The standard InChI is InChI=1S/C25H17N5OS/c26-14-20(24-29-22-5-1-2-6-23(22)32-24)21-11-13-28-25(30-21)31-16-17-7-9-18(10-8-17)19-4-3-12-27-15-19/h1-13,15,20H,16H2. The van der Waals surface area contributed by atoms with E-state index in [2.05, 4.69) is 26.0 Å². The van der Waals surface area contributed by atoms with Crippen molar-refractivity contribution in [2.45, 2.75) is 12.5 Å². The van der Waals surface area contributed by atoms with Gasteiger partial charge < -0.3 is 4.74 Å². The predicted molar refractivity (Wildman–Crippen MR) is 123 cm³/mol. The van der Waals surface area contributed by atoms with E-state index in [-0.39, 0.29) is 6.01 Å². The predicted octanol–water partition coefficient (Wildman–Crippen LogP) is 5.38. The summed E-state index contributed by atoms with van der Waals surface area (Å²) in [5.74, 6) is -0.573. The van der Waals surface area contributed by atoms with Crippen LogP contribution >= 0.6 is 11.3 Å². The quantitative estimate of drug-likeness (QED) is 0.356. The topological polar surface area (TPSA) is 84.6 Å². The summed E-state index contributed by atoms with van der Waals surface area (Å²) < 4.78 is 6.85. The van der Waals surface area contributed by atoms with Gasteiger partial charge in [-0.2, -0.15) is 10.2 Å². The second-order valence-electron chi connectivity index (χ2n) is 7.07. The van der Waals surface area contributed by atoms with Crippen molar-refractivity contribution < 1.29 is 4.74 Å². The van der Waals surface area contributed by atoms with Crippen LogP contribution in [0.4, 0.5) is 0 Å². The third-order valence-corrected chi connectivity index (χ3v) is 6.06. The minimum Gasteiger partial charge on any atom is -0.459 e. The number of rotatable bonds is 6. The van der Waals surface area contributed by atoms with E-state index < -0.39 is 5.92 Å². The zero-order chi connectivity index (χ0) is 21.8. The third kappa shape index (κ3) is 4.17. The molecule has 3 heterocycles. The molecule has 0 bridgehead atoms. The molecule has 0 aliphatic rings. The zero-order valence-corrected chi connectivity index (χ0v) is 17.7. The number of hydrogen-bond donors (Lipinski definition) is 0. The van der Waals surface area contributed by atoms with Gasteiger partial charge in [-0.1, -0.05) is 42.5 Å². The van der Waals surface area contributed by atoms with Crippen molar-refractivity contribution >= 4 is 21.6 Å². The monoisotopic (exact) mass is 435 g/mol. The van der Waals surface area contributed by atoms with Gasteiger partial charge in [0, 0.05) is 18.6 Å². The molecule has 5 aromatic rings. The summed E-state index contributed by atoms with van der Waals surface area (Å²) in [6.07, 6.45) is 5.20. The van der Waals surface area contributed by atoms with Crippen molar-refractivity contribution in [2.24, 2.45) is 0 Å². The molecule has 1 unspecified atom stereocenters. The first-order valence-electron chi connectivity index (χ1n) is 10.0. The van der Waals surface area contributed by atoms with Gasteiger partial charge in [-0.05, 0) is 41.0 Å². The molecule has 0 N–H and O–H groups in total. The number of benzene rings is 2. The summed E-state index contributed by atoms with van der Waals surface area (Å²) in [6.45, 7) is 0.329. The molecule has 6 nitrogen and oxygen atoms in total. The molecule has 0 aliphatic heterocycles. The summed E-state index contributed by atoms with van der Waals surface area (Å²) in [5, 5.41) is 10.5. The van der Waals surface area contributed by atoms with E-state index in [1.165, 1.54) is 11.3 Å². The van der Waals surface area contributed by atoms with Crippen molar-refractivity contribution in [3.8, 4) is 23.2 Å². The molecular formula is C25H17N5OS. The molecule has 3 aromatic heterocycles. The van der Waals surface area contributed by atoms with Gasteiger partial charge >= 0.3 is 6.01 Å². The number of hydrogen-bond acceptors (Lipinski definition) is 7. The lowest BCUT2D eigenvalue weighted by Crippen LogP contribution is -2.05. The Labute approximate surface area is 188 Å². The molecule has 5 rings (SSSR count). The molecule has 32 heavy (non-hydrogen) atoms. The summed E-state index contributed by atoms with van der Waals surface area (Å²) in [4.78, 5) is 17.4. The van der Waals surface area contributed by atoms with Gasteiger partial charge in [0.15, 0.2) is 0 Å². The Morgan fingerprint density at radius 2 is 1.78 bits per heavy atom. The highest BCUT2D eigenvalue weighted by Gasteiger charge is 2.20. The van der Waals surface area contributed by atoms with Crippen molar-refractivity contribution in [2.75, 3.05) is 0 Å². The molecule has 7 heteroatoms. The summed E-state index contributed by atoms with van der Waals surface area (Å²) in [7, 11) is 0. The largest absolute Gasteiger partial charge is 0.459 e. The smallest absolute Gasteiger partial charge is 0.316 e. The van der Waals surface area contributed by atoms with Crippen molar-refractivity contribution in [1.29, 1.82) is 5.26 Å². The number of pyridine rings is 1. The number of para-hydroxylation sites is 1. The first-order valence-corrected chi connectivity index (χ1v) is 10.8. The van der Waals surface area contributed by atoms with E-state index in [1.54, 1.807) is 18.5 Å².